The highest BCUT2D eigenvalue weighted by Gasteiger charge is 2.62. The van der Waals surface area contributed by atoms with E-state index in [1.807, 2.05) is 6.92 Å². The third-order valence-electron chi connectivity index (χ3n) is 4.29. The van der Waals surface area contributed by atoms with Crippen molar-refractivity contribution in [2.24, 2.45) is 16.7 Å². The monoisotopic (exact) mass is 167 g/mol. The molecule has 1 N–H and O–H groups in total. The lowest BCUT2D eigenvalue weighted by molar-refractivity contribution is 0.0966. The fourth-order valence-corrected chi connectivity index (χ4v) is 2.83. The van der Waals surface area contributed by atoms with Crippen LogP contribution in [-0.2, 0) is 5.11 Å². The van der Waals surface area contributed by atoms with Crippen molar-refractivity contribution >= 4 is 0 Å². The predicted molar refractivity (Wildman–Crippen MR) is 45.0 cm³/mol. The number of hydrogen-bond donors (Lipinski definition) is 1. The van der Waals surface area contributed by atoms with E-state index in [1.165, 1.54) is 0 Å². The van der Waals surface area contributed by atoms with Crippen LogP contribution in [0.5, 0.6) is 0 Å². The largest absolute Gasteiger partial charge is 0.508 e. The van der Waals surface area contributed by atoms with Gasteiger partial charge in [0.25, 0.3) is 0 Å². The van der Waals surface area contributed by atoms with Crippen molar-refractivity contribution in [3.8, 4) is 0 Å². The van der Waals surface area contributed by atoms with Crippen molar-refractivity contribution in [3.63, 3.8) is 0 Å². The minimum Gasteiger partial charge on any atom is -0.508 e. The van der Waals surface area contributed by atoms with Crippen LogP contribution >= 0.6 is 0 Å². The van der Waals surface area contributed by atoms with Gasteiger partial charge in [-0.2, -0.15) is 0 Å². The maximum absolute atomic E-state index is 11.6. The summed E-state index contributed by atoms with van der Waals surface area (Å²) >= 11 is 0. The minimum absolute atomic E-state index is 0.0104. The van der Waals surface area contributed by atoms with E-state index in [2.05, 4.69) is 13.8 Å². The smallest absolute Gasteiger partial charge is 0.199 e. The molecule has 0 unspecified atom stereocenters. The molecular formula is C10H15O2. The van der Waals surface area contributed by atoms with Gasteiger partial charge in [0, 0.05) is 11.3 Å². The van der Waals surface area contributed by atoms with Crippen LogP contribution in [0.15, 0.2) is 11.5 Å². The van der Waals surface area contributed by atoms with Crippen LogP contribution < -0.4 is 0 Å². The van der Waals surface area contributed by atoms with Gasteiger partial charge in [0.2, 0.25) is 0 Å². The lowest BCUT2D eigenvalue weighted by Crippen LogP contribution is -2.29. The molecule has 0 aromatic heterocycles. The normalized spacial score (nSPS) is 44.1. The molecule has 0 aromatic rings. The van der Waals surface area contributed by atoms with E-state index >= 15 is 0 Å². The zero-order valence-corrected chi connectivity index (χ0v) is 7.85. The summed E-state index contributed by atoms with van der Waals surface area (Å²) in [6.07, 6.45) is 1.91. The van der Waals surface area contributed by atoms with Crippen LogP contribution in [0.25, 0.3) is 0 Å². The molecular weight excluding hydrogens is 152 g/mol. The molecule has 1 saturated carbocycles. The average molecular weight is 167 g/mol. The molecule has 1 fully saturated rings. The van der Waals surface area contributed by atoms with Crippen molar-refractivity contribution < 1.29 is 10.2 Å². The second kappa shape index (κ2) is 1.81. The number of aliphatic hydroxyl groups is 1. The van der Waals surface area contributed by atoms with Crippen molar-refractivity contribution in [3.05, 3.63) is 11.5 Å². The molecule has 2 bridgehead atoms. The summed E-state index contributed by atoms with van der Waals surface area (Å²) in [5.41, 5.74) is -0.323. The number of fused-ring (bicyclic) bond motifs is 2. The minimum atomic E-state index is -0.290. The highest BCUT2D eigenvalue weighted by Crippen LogP contribution is 2.66. The quantitative estimate of drug-likeness (QED) is 0.592. The Morgan fingerprint density at radius 1 is 1.42 bits per heavy atom. The maximum atomic E-state index is 11.6. The lowest BCUT2D eigenvalue weighted by atomic mass is 9.70. The van der Waals surface area contributed by atoms with E-state index in [0.29, 0.717) is 0 Å². The van der Waals surface area contributed by atoms with Gasteiger partial charge in [-0.25, -0.2) is 0 Å². The molecule has 67 valence electrons. The first-order valence-corrected chi connectivity index (χ1v) is 4.52. The fraction of sp³-hybridized carbons (Fsp3) is 0.800. The Morgan fingerprint density at radius 2 is 2.00 bits per heavy atom. The molecule has 12 heavy (non-hydrogen) atoms. The van der Waals surface area contributed by atoms with Crippen molar-refractivity contribution in [1.82, 2.24) is 0 Å². The SMILES string of the molecule is CC1(C)[C@@H]2CC[C@@]1(C)C([O])=C2O. The van der Waals surface area contributed by atoms with E-state index < -0.39 is 0 Å². The molecule has 2 aliphatic rings. The molecule has 2 heteroatoms. The van der Waals surface area contributed by atoms with Crippen LogP contribution in [0.1, 0.15) is 33.6 Å². The second-order valence-corrected chi connectivity index (χ2v) is 4.86. The van der Waals surface area contributed by atoms with E-state index in [0.717, 1.165) is 12.8 Å². The first-order chi connectivity index (χ1) is 5.41. The topological polar surface area (TPSA) is 40.1 Å². The molecule has 2 nitrogen and oxygen atoms in total. The number of rotatable bonds is 0. The van der Waals surface area contributed by atoms with E-state index in [1.54, 1.807) is 0 Å². The molecule has 0 aromatic carbocycles. The standard InChI is InChI=1S/C10H15O2/c1-9(2)6-4-5-10(9,3)8(12)7(6)11/h6,11H,4-5H2,1-3H3/t6-,10+/m1/s1. The van der Waals surface area contributed by atoms with Gasteiger partial charge in [0.1, 0.15) is 5.76 Å². The molecule has 2 aliphatic carbocycles. The number of hydrogen-bond acceptors (Lipinski definition) is 1. The molecule has 1 radical (unpaired) electrons. The highest BCUT2D eigenvalue weighted by atomic mass is 16.3. The van der Waals surface area contributed by atoms with E-state index in [9.17, 15) is 10.2 Å². The van der Waals surface area contributed by atoms with Gasteiger partial charge < -0.3 is 5.11 Å². The Morgan fingerprint density at radius 3 is 2.25 bits per heavy atom. The molecule has 0 saturated heterocycles. The van der Waals surface area contributed by atoms with Gasteiger partial charge in [-0.3, -0.25) is 5.11 Å². The zero-order valence-electron chi connectivity index (χ0n) is 7.85. The fourth-order valence-electron chi connectivity index (χ4n) is 2.83. The summed E-state index contributed by atoms with van der Waals surface area (Å²) in [5, 5.41) is 21.2. The summed E-state index contributed by atoms with van der Waals surface area (Å²) in [4.78, 5) is 0. The maximum Gasteiger partial charge on any atom is 0.199 e. The summed E-state index contributed by atoms with van der Waals surface area (Å²) in [6, 6.07) is 0. The van der Waals surface area contributed by atoms with Crippen LogP contribution in [0, 0.1) is 16.7 Å². The molecule has 0 aliphatic heterocycles. The van der Waals surface area contributed by atoms with Gasteiger partial charge in [-0.1, -0.05) is 20.8 Å². The summed E-state index contributed by atoms with van der Waals surface area (Å²) in [7, 11) is 0. The Balaban J connectivity index is 2.56. The summed E-state index contributed by atoms with van der Waals surface area (Å²) in [5.74, 6) is 0.243. The lowest BCUT2D eigenvalue weighted by Gasteiger charge is -2.33. The molecule has 2 rings (SSSR count). The molecule has 0 amide bonds. The van der Waals surface area contributed by atoms with Gasteiger partial charge in [0.15, 0.2) is 5.76 Å². The van der Waals surface area contributed by atoms with Crippen molar-refractivity contribution in [1.29, 1.82) is 0 Å². The van der Waals surface area contributed by atoms with Crippen molar-refractivity contribution in [2.75, 3.05) is 0 Å². The molecule has 2 atom stereocenters. The van der Waals surface area contributed by atoms with Crippen LogP contribution in [0.4, 0.5) is 0 Å². The number of allylic oxidation sites excluding steroid dienone is 2. The first-order valence-electron chi connectivity index (χ1n) is 4.52. The molecule has 0 heterocycles. The molecule has 0 spiro atoms. The second-order valence-electron chi connectivity index (χ2n) is 4.86. The van der Waals surface area contributed by atoms with Gasteiger partial charge in [-0.15, -0.1) is 0 Å². The summed E-state index contributed by atoms with van der Waals surface area (Å²) < 4.78 is 0. The first kappa shape index (κ1) is 7.96. The zero-order chi connectivity index (χ0) is 9.15. The van der Waals surface area contributed by atoms with Crippen molar-refractivity contribution in [2.45, 2.75) is 33.6 Å². The third-order valence-corrected chi connectivity index (χ3v) is 4.29. The van der Waals surface area contributed by atoms with E-state index in [4.69, 9.17) is 0 Å². The number of aliphatic hydroxyl groups excluding tert-OH is 1. The third kappa shape index (κ3) is 0.551. The van der Waals surface area contributed by atoms with Gasteiger partial charge in [-0.05, 0) is 18.3 Å². The predicted octanol–water partition coefficient (Wildman–Crippen LogP) is 2.64. The Bertz CT molecular complexity index is 265. The van der Waals surface area contributed by atoms with Crippen LogP contribution in [0.2, 0.25) is 0 Å². The Kier molecular flexibility index (Phi) is 1.20. The highest BCUT2D eigenvalue weighted by molar-refractivity contribution is 5.30. The van der Waals surface area contributed by atoms with Gasteiger partial charge >= 0.3 is 0 Å². The van der Waals surface area contributed by atoms with Crippen LogP contribution in [-0.4, -0.2) is 5.11 Å². The Labute approximate surface area is 72.9 Å². The average Bonchev–Trinajstić information content (AvgIpc) is 2.26. The van der Waals surface area contributed by atoms with E-state index in [-0.39, 0.29) is 28.3 Å². The summed E-state index contributed by atoms with van der Waals surface area (Å²) in [6.45, 7) is 6.16. The van der Waals surface area contributed by atoms with Crippen LogP contribution in [0.3, 0.4) is 0 Å². The van der Waals surface area contributed by atoms with Gasteiger partial charge in [0.05, 0.1) is 0 Å². The Hall–Kier alpha value is -0.660.